The predicted octanol–water partition coefficient (Wildman–Crippen LogP) is 3.41. The van der Waals surface area contributed by atoms with Gasteiger partial charge in [0.05, 0.1) is 0 Å². The zero-order valence-corrected chi connectivity index (χ0v) is 12.9. The number of likely N-dealkylation sites (tertiary alicyclic amines) is 1. The molecule has 1 N–H and O–H groups in total. The number of H-pyrrole nitrogens is 1. The number of nitrogens with one attached hydrogen (secondary N) is 1. The summed E-state index contributed by atoms with van der Waals surface area (Å²) >= 11 is 5.33. The molecular weight excluding hydrogens is 282 g/mol. The molecule has 5 heteroatoms. The van der Waals surface area contributed by atoms with Gasteiger partial charge in [0.25, 0.3) is 5.91 Å². The Morgan fingerprint density at radius 2 is 1.90 bits per heavy atom. The number of benzene rings is 1. The van der Waals surface area contributed by atoms with Crippen molar-refractivity contribution in [1.82, 2.24) is 14.5 Å². The summed E-state index contributed by atoms with van der Waals surface area (Å²) in [5.74, 6) is 0.758. The van der Waals surface area contributed by atoms with Crippen molar-refractivity contribution < 1.29 is 4.79 Å². The van der Waals surface area contributed by atoms with Crippen LogP contribution in [0.25, 0.3) is 5.69 Å². The summed E-state index contributed by atoms with van der Waals surface area (Å²) in [6.45, 7) is 3.89. The number of hydrogen-bond donors (Lipinski definition) is 1. The van der Waals surface area contributed by atoms with Gasteiger partial charge in [0, 0.05) is 25.0 Å². The van der Waals surface area contributed by atoms with Crippen LogP contribution in [0.1, 0.15) is 30.3 Å². The van der Waals surface area contributed by atoms with E-state index in [1.54, 1.807) is 6.20 Å². The molecule has 3 rings (SSSR count). The molecule has 0 bridgehead atoms. The Morgan fingerprint density at radius 3 is 2.57 bits per heavy atom. The van der Waals surface area contributed by atoms with Crippen LogP contribution in [0.3, 0.4) is 0 Å². The molecule has 110 valence electrons. The summed E-state index contributed by atoms with van der Waals surface area (Å²) in [6.07, 6.45) is 3.86. The monoisotopic (exact) mass is 301 g/mol. The second-order valence-electron chi connectivity index (χ2n) is 5.62. The zero-order chi connectivity index (χ0) is 14.8. The van der Waals surface area contributed by atoms with Gasteiger partial charge < -0.3 is 9.88 Å². The minimum atomic E-state index is 0.0538. The SMILES string of the molecule is CC1CCN(C(=O)c2c[nH]c(=S)n2-c2ccccc2)CC1. The third kappa shape index (κ3) is 2.78. The first-order chi connectivity index (χ1) is 10.2. The Labute approximate surface area is 129 Å². The van der Waals surface area contributed by atoms with Gasteiger partial charge in [-0.2, -0.15) is 0 Å². The molecule has 0 atom stereocenters. The normalized spacial score (nSPS) is 16.1. The molecule has 2 aromatic rings. The highest BCUT2D eigenvalue weighted by atomic mass is 32.1. The van der Waals surface area contributed by atoms with Crippen LogP contribution in [0.5, 0.6) is 0 Å². The molecule has 0 saturated carbocycles. The average Bonchev–Trinajstić information content (AvgIpc) is 2.90. The molecule has 1 aromatic heterocycles. The second-order valence-corrected chi connectivity index (χ2v) is 6.01. The molecule has 0 spiro atoms. The van der Waals surface area contributed by atoms with E-state index in [1.165, 1.54) is 0 Å². The van der Waals surface area contributed by atoms with E-state index < -0.39 is 0 Å². The minimum Gasteiger partial charge on any atom is -0.337 e. The van der Waals surface area contributed by atoms with Crippen LogP contribution in [0.2, 0.25) is 0 Å². The first-order valence-corrected chi connectivity index (χ1v) is 7.73. The Kier molecular flexibility index (Phi) is 3.92. The van der Waals surface area contributed by atoms with Crippen molar-refractivity contribution in [1.29, 1.82) is 0 Å². The summed E-state index contributed by atoms with van der Waals surface area (Å²) in [5, 5.41) is 0. The molecule has 1 saturated heterocycles. The molecule has 1 aliphatic heterocycles. The number of rotatable bonds is 2. The highest BCUT2D eigenvalue weighted by Gasteiger charge is 2.24. The van der Waals surface area contributed by atoms with Crippen LogP contribution in [0.15, 0.2) is 36.5 Å². The summed E-state index contributed by atoms with van der Waals surface area (Å²) in [4.78, 5) is 17.7. The number of amides is 1. The molecule has 0 radical (unpaired) electrons. The fraction of sp³-hybridized carbons (Fsp3) is 0.375. The summed E-state index contributed by atoms with van der Waals surface area (Å²) in [5.41, 5.74) is 1.53. The van der Waals surface area contributed by atoms with E-state index in [4.69, 9.17) is 12.2 Å². The van der Waals surface area contributed by atoms with E-state index in [0.29, 0.717) is 16.4 Å². The molecule has 21 heavy (non-hydrogen) atoms. The van der Waals surface area contributed by atoms with Crippen LogP contribution in [-0.2, 0) is 0 Å². The van der Waals surface area contributed by atoms with Gasteiger partial charge in [-0.1, -0.05) is 25.1 Å². The van der Waals surface area contributed by atoms with Gasteiger partial charge in [-0.15, -0.1) is 0 Å². The summed E-state index contributed by atoms with van der Waals surface area (Å²) in [6, 6.07) is 9.76. The number of aromatic amines is 1. The second kappa shape index (κ2) is 5.85. The number of imidazole rings is 1. The highest BCUT2D eigenvalue weighted by Crippen LogP contribution is 2.20. The summed E-state index contributed by atoms with van der Waals surface area (Å²) < 4.78 is 2.37. The number of aromatic nitrogens is 2. The van der Waals surface area contributed by atoms with Crippen molar-refractivity contribution in [2.24, 2.45) is 5.92 Å². The molecule has 0 aliphatic carbocycles. The highest BCUT2D eigenvalue weighted by molar-refractivity contribution is 7.71. The first-order valence-electron chi connectivity index (χ1n) is 7.32. The lowest BCUT2D eigenvalue weighted by molar-refractivity contribution is 0.0689. The predicted molar refractivity (Wildman–Crippen MR) is 85.3 cm³/mol. The van der Waals surface area contributed by atoms with E-state index in [2.05, 4.69) is 11.9 Å². The third-order valence-corrected chi connectivity index (χ3v) is 4.38. The first kappa shape index (κ1) is 14.1. The van der Waals surface area contributed by atoms with E-state index in [9.17, 15) is 4.79 Å². The van der Waals surface area contributed by atoms with Crippen LogP contribution >= 0.6 is 12.2 Å². The Morgan fingerprint density at radius 1 is 1.24 bits per heavy atom. The molecule has 2 heterocycles. The van der Waals surface area contributed by atoms with Crippen molar-refractivity contribution in [3.05, 3.63) is 47.0 Å². The molecule has 1 amide bonds. The van der Waals surface area contributed by atoms with Crippen molar-refractivity contribution in [3.63, 3.8) is 0 Å². The lowest BCUT2D eigenvalue weighted by Gasteiger charge is -2.30. The quantitative estimate of drug-likeness (QED) is 0.864. The van der Waals surface area contributed by atoms with E-state index >= 15 is 0 Å². The largest absolute Gasteiger partial charge is 0.337 e. The third-order valence-electron chi connectivity index (χ3n) is 4.08. The molecular formula is C16H19N3OS. The number of nitrogens with zero attached hydrogens (tertiary/aromatic N) is 2. The van der Waals surface area contributed by atoms with Gasteiger partial charge in [-0.05, 0) is 43.1 Å². The van der Waals surface area contributed by atoms with Crippen LogP contribution in [-0.4, -0.2) is 33.4 Å². The molecule has 0 unspecified atom stereocenters. The minimum absolute atomic E-state index is 0.0538. The standard InChI is InChI=1S/C16H19N3OS/c1-12-7-9-18(10-8-12)15(20)14-11-17-16(21)19(14)13-5-3-2-4-6-13/h2-6,11-12H,7-10H2,1H3,(H,17,21). The lowest BCUT2D eigenvalue weighted by atomic mass is 9.99. The van der Waals surface area contributed by atoms with Gasteiger partial charge in [0.2, 0.25) is 0 Å². The molecule has 1 aromatic carbocycles. The van der Waals surface area contributed by atoms with Gasteiger partial charge >= 0.3 is 0 Å². The van der Waals surface area contributed by atoms with Gasteiger partial charge in [-0.25, -0.2) is 0 Å². The van der Waals surface area contributed by atoms with Gasteiger partial charge in [0.15, 0.2) is 4.77 Å². The number of para-hydroxylation sites is 1. The number of carbonyl (C=O) groups is 1. The van der Waals surface area contributed by atoms with E-state index in [-0.39, 0.29) is 5.91 Å². The van der Waals surface area contributed by atoms with Gasteiger partial charge in [-0.3, -0.25) is 9.36 Å². The van der Waals surface area contributed by atoms with E-state index in [1.807, 2.05) is 39.8 Å². The Bertz CT molecular complexity index is 681. The van der Waals surface area contributed by atoms with E-state index in [0.717, 1.165) is 31.6 Å². The van der Waals surface area contributed by atoms with Crippen molar-refractivity contribution in [3.8, 4) is 5.69 Å². The maximum absolute atomic E-state index is 12.8. The lowest BCUT2D eigenvalue weighted by Crippen LogP contribution is -2.38. The molecule has 1 fully saturated rings. The van der Waals surface area contributed by atoms with Crippen molar-refractivity contribution >= 4 is 18.1 Å². The van der Waals surface area contributed by atoms with Crippen molar-refractivity contribution in [2.45, 2.75) is 19.8 Å². The Hall–Kier alpha value is -1.88. The fourth-order valence-corrected chi connectivity index (χ4v) is 3.00. The van der Waals surface area contributed by atoms with Gasteiger partial charge in [0.1, 0.15) is 5.69 Å². The van der Waals surface area contributed by atoms with Crippen LogP contribution < -0.4 is 0 Å². The maximum Gasteiger partial charge on any atom is 0.272 e. The average molecular weight is 301 g/mol. The Balaban J connectivity index is 1.93. The topological polar surface area (TPSA) is 41.0 Å². The number of hydrogen-bond acceptors (Lipinski definition) is 2. The van der Waals surface area contributed by atoms with Crippen molar-refractivity contribution in [2.75, 3.05) is 13.1 Å². The summed E-state index contributed by atoms with van der Waals surface area (Å²) in [7, 11) is 0. The zero-order valence-electron chi connectivity index (χ0n) is 12.1. The molecule has 4 nitrogen and oxygen atoms in total. The maximum atomic E-state index is 12.8. The number of piperidine rings is 1. The smallest absolute Gasteiger partial charge is 0.272 e. The van der Waals surface area contributed by atoms with Crippen LogP contribution in [0, 0.1) is 10.7 Å². The molecule has 1 aliphatic rings. The number of carbonyl (C=O) groups excluding carboxylic acids is 1. The van der Waals surface area contributed by atoms with Crippen LogP contribution in [0.4, 0.5) is 0 Å². The fourth-order valence-electron chi connectivity index (χ4n) is 2.73.